The van der Waals surface area contributed by atoms with Crippen LogP contribution in [0.1, 0.15) is 112 Å². The van der Waals surface area contributed by atoms with E-state index in [4.69, 9.17) is 0 Å². The van der Waals surface area contributed by atoms with Crippen molar-refractivity contribution in [2.45, 2.75) is 89.9 Å². The van der Waals surface area contributed by atoms with Gasteiger partial charge in [0.1, 0.15) is 0 Å². The first kappa shape index (κ1) is 36.4. The normalized spacial score (nSPS) is 20.3. The third-order valence-corrected chi connectivity index (χ3v) is 15.1. The summed E-state index contributed by atoms with van der Waals surface area (Å²) in [5, 5.41) is 0. The third kappa shape index (κ3) is 5.43. The highest BCUT2D eigenvalue weighted by atomic mass is 15.1. The summed E-state index contributed by atoms with van der Waals surface area (Å²) in [5.74, 6) is 2.42. The summed E-state index contributed by atoms with van der Waals surface area (Å²) in [6.45, 7) is 14.0. The predicted molar refractivity (Wildman–Crippen MR) is 249 cm³/mol. The zero-order chi connectivity index (χ0) is 40.2. The van der Waals surface area contributed by atoms with Crippen molar-refractivity contribution in [3.8, 4) is 44.5 Å². The highest BCUT2D eigenvalue weighted by Gasteiger charge is 2.56. The molecule has 4 aliphatic rings. The Labute approximate surface area is 351 Å². The number of anilines is 3. The van der Waals surface area contributed by atoms with Crippen LogP contribution in [0.25, 0.3) is 44.5 Å². The first-order valence-electron chi connectivity index (χ1n) is 22.3. The number of hydrogen-bond donors (Lipinski definition) is 0. The van der Waals surface area contributed by atoms with E-state index in [1.54, 1.807) is 11.1 Å². The average Bonchev–Trinajstić information content (AvgIpc) is 4.01. The lowest BCUT2D eigenvalue weighted by Gasteiger charge is -2.37. The first-order valence-corrected chi connectivity index (χ1v) is 22.3. The highest BCUT2D eigenvalue weighted by Crippen LogP contribution is 2.66. The number of fused-ring (bicyclic) bond motifs is 11. The number of nitrogens with zero attached hydrogens (tertiary/aromatic N) is 1. The fourth-order valence-corrected chi connectivity index (χ4v) is 12.1. The predicted octanol–water partition coefficient (Wildman–Crippen LogP) is 16.1. The molecule has 0 radical (unpaired) electrons. The maximum atomic E-state index is 2.62. The molecule has 2 fully saturated rings. The van der Waals surface area contributed by atoms with E-state index >= 15 is 0 Å². The molecule has 292 valence electrons. The molecule has 7 aromatic rings. The van der Waals surface area contributed by atoms with E-state index in [2.05, 4.69) is 198 Å². The molecule has 2 bridgehead atoms. The van der Waals surface area contributed by atoms with Gasteiger partial charge in [-0.1, -0.05) is 169 Å². The summed E-state index contributed by atoms with van der Waals surface area (Å²) < 4.78 is 0. The Balaban J connectivity index is 1.15. The van der Waals surface area contributed by atoms with E-state index in [0.717, 1.165) is 5.92 Å². The molecule has 1 spiro atoms. The summed E-state index contributed by atoms with van der Waals surface area (Å²) in [6, 6.07) is 58.9. The van der Waals surface area contributed by atoms with Crippen LogP contribution in [0.3, 0.4) is 0 Å². The highest BCUT2D eigenvalue weighted by molar-refractivity contribution is 5.96. The molecule has 2 saturated carbocycles. The summed E-state index contributed by atoms with van der Waals surface area (Å²) in [6.07, 6.45) is 5.35. The quantitative estimate of drug-likeness (QED) is 0.156. The third-order valence-electron chi connectivity index (χ3n) is 15.1. The van der Waals surface area contributed by atoms with Crippen molar-refractivity contribution in [3.63, 3.8) is 0 Å². The molecule has 0 amide bonds. The van der Waals surface area contributed by atoms with Crippen LogP contribution in [-0.2, 0) is 10.8 Å². The second-order valence-electron chi connectivity index (χ2n) is 19.3. The zero-order valence-electron chi connectivity index (χ0n) is 35.5. The Morgan fingerprint density at radius 1 is 0.475 bits per heavy atom. The minimum absolute atomic E-state index is 0.0958. The zero-order valence-corrected chi connectivity index (χ0v) is 35.5. The molecule has 3 unspecified atom stereocenters. The lowest BCUT2D eigenvalue weighted by atomic mass is 9.67. The van der Waals surface area contributed by atoms with Gasteiger partial charge in [0.25, 0.3) is 0 Å². The molecule has 0 N–H and O–H groups in total. The van der Waals surface area contributed by atoms with Gasteiger partial charge in [0.2, 0.25) is 0 Å². The van der Waals surface area contributed by atoms with Crippen molar-refractivity contribution in [3.05, 3.63) is 185 Å². The molecule has 0 saturated heterocycles. The Bertz CT molecular complexity index is 2780. The van der Waals surface area contributed by atoms with E-state index in [1.165, 1.54) is 110 Å². The Morgan fingerprint density at radius 2 is 1.03 bits per heavy atom. The van der Waals surface area contributed by atoms with Crippen LogP contribution in [0.4, 0.5) is 17.1 Å². The number of para-hydroxylation sites is 1. The molecule has 11 rings (SSSR count). The molecule has 1 nitrogen and oxygen atoms in total. The van der Waals surface area contributed by atoms with E-state index < -0.39 is 0 Å². The number of rotatable bonds is 7. The van der Waals surface area contributed by atoms with Gasteiger partial charge in [0.05, 0.1) is 5.69 Å². The maximum absolute atomic E-state index is 2.62. The number of benzene rings is 7. The molecule has 0 aliphatic heterocycles. The minimum atomic E-state index is -0.110. The summed E-state index contributed by atoms with van der Waals surface area (Å²) in [5.41, 5.74) is 22.9. The largest absolute Gasteiger partial charge is 0.310 e. The second-order valence-corrected chi connectivity index (χ2v) is 19.3. The van der Waals surface area contributed by atoms with Crippen LogP contribution in [0.15, 0.2) is 152 Å². The Hall–Kier alpha value is -5.66. The van der Waals surface area contributed by atoms with Crippen molar-refractivity contribution >= 4 is 17.1 Å². The van der Waals surface area contributed by atoms with Crippen LogP contribution >= 0.6 is 0 Å². The lowest BCUT2D eigenvalue weighted by molar-refractivity contribution is 0.327. The summed E-state index contributed by atoms with van der Waals surface area (Å²) in [7, 11) is 0. The van der Waals surface area contributed by atoms with Gasteiger partial charge in [0, 0.05) is 27.8 Å². The van der Waals surface area contributed by atoms with Gasteiger partial charge in [-0.25, -0.2) is 0 Å². The van der Waals surface area contributed by atoms with Gasteiger partial charge >= 0.3 is 0 Å². The van der Waals surface area contributed by atoms with Crippen LogP contribution in [-0.4, -0.2) is 0 Å². The van der Waals surface area contributed by atoms with Crippen LogP contribution in [0.5, 0.6) is 0 Å². The van der Waals surface area contributed by atoms with Crippen LogP contribution < -0.4 is 4.90 Å². The molecule has 0 heterocycles. The molecular weight excluding hydrogens is 711 g/mol. The Kier molecular flexibility index (Phi) is 8.29. The van der Waals surface area contributed by atoms with E-state index in [-0.39, 0.29) is 10.8 Å². The monoisotopic (exact) mass is 765 g/mol. The van der Waals surface area contributed by atoms with Crippen molar-refractivity contribution in [2.24, 2.45) is 11.8 Å². The molecule has 3 atom stereocenters. The second kappa shape index (κ2) is 13.4. The molecular formula is C58H55N. The summed E-state index contributed by atoms with van der Waals surface area (Å²) in [4.78, 5) is 2.60. The van der Waals surface area contributed by atoms with Crippen molar-refractivity contribution < 1.29 is 0 Å². The van der Waals surface area contributed by atoms with Gasteiger partial charge in [-0.05, 0) is 146 Å². The van der Waals surface area contributed by atoms with Crippen molar-refractivity contribution in [2.75, 3.05) is 4.90 Å². The van der Waals surface area contributed by atoms with Crippen LogP contribution in [0.2, 0.25) is 0 Å². The van der Waals surface area contributed by atoms with Crippen molar-refractivity contribution in [1.82, 2.24) is 0 Å². The standard InChI is InChI=1S/C58H55N/c1-36(2)39-20-22-40(23-21-39)45-28-24-41(37(3)4)32-51(45)50-15-9-12-18-56(50)59(43-26-29-48-46-13-7-10-16-52(46)57(5,6)54(48)33-43)44-27-30-49-47-14-8-11-17-53(47)58(55(49)34-44)35-38-19-25-42(58)31-38/h7-18,20-24,26-30,32-34,36-38,42H,19,25,31,35H2,1-6H3. The van der Waals surface area contributed by atoms with Gasteiger partial charge in [-0.15, -0.1) is 0 Å². The molecule has 4 aliphatic carbocycles. The fourth-order valence-electron chi connectivity index (χ4n) is 12.1. The molecule has 7 aromatic carbocycles. The molecule has 1 heteroatoms. The summed E-state index contributed by atoms with van der Waals surface area (Å²) >= 11 is 0. The average molecular weight is 766 g/mol. The van der Waals surface area contributed by atoms with Gasteiger partial charge in [0.15, 0.2) is 0 Å². The lowest BCUT2D eigenvalue weighted by Crippen LogP contribution is -2.32. The molecule has 0 aromatic heterocycles. The van der Waals surface area contributed by atoms with Gasteiger partial charge < -0.3 is 4.90 Å². The topological polar surface area (TPSA) is 3.24 Å². The van der Waals surface area contributed by atoms with Gasteiger partial charge in [-0.3, -0.25) is 0 Å². The van der Waals surface area contributed by atoms with Crippen molar-refractivity contribution in [1.29, 1.82) is 0 Å². The Morgan fingerprint density at radius 3 is 1.69 bits per heavy atom. The molecule has 59 heavy (non-hydrogen) atoms. The van der Waals surface area contributed by atoms with Gasteiger partial charge in [-0.2, -0.15) is 0 Å². The van der Waals surface area contributed by atoms with E-state index in [1.807, 2.05) is 0 Å². The minimum Gasteiger partial charge on any atom is -0.310 e. The van der Waals surface area contributed by atoms with E-state index in [9.17, 15) is 0 Å². The first-order chi connectivity index (χ1) is 28.6. The van der Waals surface area contributed by atoms with Crippen LogP contribution in [0, 0.1) is 11.8 Å². The SMILES string of the molecule is CC(C)c1ccc(-c2ccc(C(C)C)cc2-c2ccccc2N(c2ccc3c(c2)C(C)(C)c2ccccc2-3)c2ccc3c(c2)C2(CC4CCC2C4)c2ccccc2-3)cc1. The fraction of sp³-hybridized carbons (Fsp3) is 0.276. The maximum Gasteiger partial charge on any atom is 0.0540 e. The smallest absolute Gasteiger partial charge is 0.0540 e. The van der Waals surface area contributed by atoms with E-state index in [0.29, 0.717) is 17.8 Å². The number of hydrogen-bond acceptors (Lipinski definition) is 1.